The number of benzene rings is 1. The second-order valence-electron chi connectivity index (χ2n) is 6.90. The molecule has 0 aliphatic carbocycles. The zero-order chi connectivity index (χ0) is 16.0. The standard InChI is InChI=1S/C20H24N2/c1-11(2)17-9-13(5)15-7-8-16-14(6)10-18(12(3)4)22-20(16)19(15)21-17/h7-12H,1-6H3. The molecule has 2 heterocycles. The van der Waals surface area contributed by atoms with Crippen LogP contribution >= 0.6 is 0 Å². The maximum absolute atomic E-state index is 4.94. The molecule has 3 rings (SSSR count). The average molecular weight is 292 g/mol. The van der Waals surface area contributed by atoms with E-state index in [1.807, 2.05) is 0 Å². The molecular weight excluding hydrogens is 268 g/mol. The Labute approximate surface area is 132 Å². The smallest absolute Gasteiger partial charge is 0.0970 e. The van der Waals surface area contributed by atoms with Gasteiger partial charge in [-0.15, -0.1) is 0 Å². The fourth-order valence-electron chi connectivity index (χ4n) is 2.96. The molecule has 0 amide bonds. The Morgan fingerprint density at radius 1 is 0.682 bits per heavy atom. The summed E-state index contributed by atoms with van der Waals surface area (Å²) in [5.41, 5.74) is 6.95. The van der Waals surface area contributed by atoms with Crippen LogP contribution < -0.4 is 0 Å². The van der Waals surface area contributed by atoms with Gasteiger partial charge in [0.05, 0.1) is 11.0 Å². The van der Waals surface area contributed by atoms with Crippen molar-refractivity contribution in [2.45, 2.75) is 53.4 Å². The van der Waals surface area contributed by atoms with E-state index in [-0.39, 0.29) is 0 Å². The Kier molecular flexibility index (Phi) is 3.64. The van der Waals surface area contributed by atoms with Gasteiger partial charge in [-0.05, 0) is 48.9 Å². The molecule has 0 fully saturated rings. The molecule has 2 aromatic heterocycles. The number of hydrogen-bond acceptors (Lipinski definition) is 2. The van der Waals surface area contributed by atoms with Gasteiger partial charge in [0.2, 0.25) is 0 Å². The van der Waals surface area contributed by atoms with Crippen molar-refractivity contribution in [1.29, 1.82) is 0 Å². The summed E-state index contributed by atoms with van der Waals surface area (Å²) >= 11 is 0. The third-order valence-corrected chi connectivity index (χ3v) is 4.39. The van der Waals surface area contributed by atoms with Crippen LogP contribution in [0.1, 0.15) is 62.0 Å². The van der Waals surface area contributed by atoms with E-state index >= 15 is 0 Å². The molecule has 2 heteroatoms. The molecule has 0 radical (unpaired) electrons. The van der Waals surface area contributed by atoms with Crippen LogP contribution in [0, 0.1) is 13.8 Å². The molecule has 3 aromatic rings. The lowest BCUT2D eigenvalue weighted by atomic mass is 9.99. The Bertz CT molecular complexity index is 788. The molecule has 0 aliphatic rings. The number of pyridine rings is 2. The van der Waals surface area contributed by atoms with Gasteiger partial charge >= 0.3 is 0 Å². The number of aromatic nitrogens is 2. The predicted octanol–water partition coefficient (Wildman–Crippen LogP) is 5.65. The van der Waals surface area contributed by atoms with Crippen molar-refractivity contribution in [2.75, 3.05) is 0 Å². The van der Waals surface area contributed by atoms with E-state index in [1.54, 1.807) is 0 Å². The highest BCUT2D eigenvalue weighted by Gasteiger charge is 2.13. The van der Waals surface area contributed by atoms with Gasteiger partial charge in [-0.1, -0.05) is 39.8 Å². The molecule has 22 heavy (non-hydrogen) atoms. The Balaban J connectivity index is 2.47. The Morgan fingerprint density at radius 2 is 1.05 bits per heavy atom. The molecule has 0 bridgehead atoms. The van der Waals surface area contributed by atoms with Crippen molar-refractivity contribution in [3.63, 3.8) is 0 Å². The largest absolute Gasteiger partial charge is 0.250 e. The highest BCUT2D eigenvalue weighted by Crippen LogP contribution is 2.30. The number of fused-ring (bicyclic) bond motifs is 3. The lowest BCUT2D eigenvalue weighted by molar-refractivity contribution is 0.824. The van der Waals surface area contributed by atoms with Crippen LogP contribution in [0.4, 0.5) is 0 Å². The topological polar surface area (TPSA) is 25.8 Å². The third-order valence-electron chi connectivity index (χ3n) is 4.39. The SMILES string of the molecule is Cc1cc(C(C)C)nc2c1ccc1c(C)cc(C(C)C)nc12. The quantitative estimate of drug-likeness (QED) is 0.571. The minimum Gasteiger partial charge on any atom is -0.250 e. The van der Waals surface area contributed by atoms with Crippen LogP contribution in [0.25, 0.3) is 21.8 Å². The van der Waals surface area contributed by atoms with Crippen LogP contribution in [0.3, 0.4) is 0 Å². The van der Waals surface area contributed by atoms with Crippen LogP contribution in [-0.2, 0) is 0 Å². The first-order valence-electron chi connectivity index (χ1n) is 8.10. The monoisotopic (exact) mass is 292 g/mol. The Hall–Kier alpha value is -1.96. The molecule has 114 valence electrons. The van der Waals surface area contributed by atoms with Crippen molar-refractivity contribution in [1.82, 2.24) is 9.97 Å². The van der Waals surface area contributed by atoms with Gasteiger partial charge < -0.3 is 0 Å². The third kappa shape index (κ3) is 2.37. The fraction of sp³-hybridized carbons (Fsp3) is 0.400. The first-order chi connectivity index (χ1) is 10.4. The first kappa shape index (κ1) is 15.0. The van der Waals surface area contributed by atoms with Crippen molar-refractivity contribution in [2.24, 2.45) is 0 Å². The predicted molar refractivity (Wildman–Crippen MR) is 94.7 cm³/mol. The summed E-state index contributed by atoms with van der Waals surface area (Å²) < 4.78 is 0. The van der Waals surface area contributed by atoms with Crippen molar-refractivity contribution >= 4 is 21.8 Å². The van der Waals surface area contributed by atoms with E-state index in [2.05, 4.69) is 65.8 Å². The summed E-state index contributed by atoms with van der Waals surface area (Å²) in [6.07, 6.45) is 0. The zero-order valence-corrected chi connectivity index (χ0v) is 14.4. The van der Waals surface area contributed by atoms with Crippen LogP contribution in [0.2, 0.25) is 0 Å². The highest BCUT2D eigenvalue weighted by atomic mass is 14.8. The van der Waals surface area contributed by atoms with Crippen molar-refractivity contribution < 1.29 is 0 Å². The van der Waals surface area contributed by atoms with Crippen LogP contribution in [0.15, 0.2) is 24.3 Å². The van der Waals surface area contributed by atoms with Gasteiger partial charge in [0, 0.05) is 22.2 Å². The molecule has 0 atom stereocenters. The minimum absolute atomic E-state index is 0.424. The van der Waals surface area contributed by atoms with E-state index in [1.165, 1.54) is 21.9 Å². The molecule has 0 saturated heterocycles. The summed E-state index contributed by atoms with van der Waals surface area (Å²) in [6, 6.07) is 8.79. The minimum atomic E-state index is 0.424. The van der Waals surface area contributed by atoms with Crippen LogP contribution in [0.5, 0.6) is 0 Å². The number of rotatable bonds is 2. The van der Waals surface area contributed by atoms with Gasteiger partial charge in [-0.25, -0.2) is 0 Å². The summed E-state index contributed by atoms with van der Waals surface area (Å²) in [5, 5.41) is 2.43. The summed E-state index contributed by atoms with van der Waals surface area (Å²) in [5.74, 6) is 0.848. The van der Waals surface area contributed by atoms with E-state index in [0.29, 0.717) is 11.8 Å². The second-order valence-corrected chi connectivity index (χ2v) is 6.90. The maximum atomic E-state index is 4.94. The Morgan fingerprint density at radius 3 is 1.36 bits per heavy atom. The van der Waals surface area contributed by atoms with E-state index in [0.717, 1.165) is 22.4 Å². The van der Waals surface area contributed by atoms with Gasteiger partial charge in [0.15, 0.2) is 0 Å². The average Bonchev–Trinajstić information content (AvgIpc) is 2.46. The molecule has 1 aromatic carbocycles. The van der Waals surface area contributed by atoms with Crippen LogP contribution in [-0.4, -0.2) is 9.97 Å². The van der Waals surface area contributed by atoms with Gasteiger partial charge in [0.1, 0.15) is 0 Å². The molecule has 0 N–H and O–H groups in total. The normalized spacial score (nSPS) is 12.0. The molecule has 0 saturated carbocycles. The van der Waals surface area contributed by atoms with Crippen molar-refractivity contribution in [3.05, 3.63) is 46.8 Å². The first-order valence-corrected chi connectivity index (χ1v) is 8.10. The molecule has 0 spiro atoms. The molecule has 0 aliphatic heterocycles. The van der Waals surface area contributed by atoms with E-state index in [4.69, 9.17) is 9.97 Å². The summed E-state index contributed by atoms with van der Waals surface area (Å²) in [4.78, 5) is 9.89. The van der Waals surface area contributed by atoms with E-state index < -0.39 is 0 Å². The number of nitrogens with zero attached hydrogens (tertiary/aromatic N) is 2. The number of aryl methyl sites for hydroxylation is 2. The number of hydrogen-bond donors (Lipinski definition) is 0. The zero-order valence-electron chi connectivity index (χ0n) is 14.4. The van der Waals surface area contributed by atoms with Gasteiger partial charge in [-0.3, -0.25) is 9.97 Å². The second kappa shape index (κ2) is 5.35. The lowest BCUT2D eigenvalue weighted by Crippen LogP contribution is -1.99. The maximum Gasteiger partial charge on any atom is 0.0970 e. The lowest BCUT2D eigenvalue weighted by Gasteiger charge is -2.14. The highest BCUT2D eigenvalue weighted by molar-refractivity contribution is 6.05. The summed E-state index contributed by atoms with van der Waals surface area (Å²) in [6.45, 7) is 13.1. The summed E-state index contributed by atoms with van der Waals surface area (Å²) in [7, 11) is 0. The van der Waals surface area contributed by atoms with Crippen molar-refractivity contribution in [3.8, 4) is 0 Å². The van der Waals surface area contributed by atoms with Gasteiger partial charge in [0.25, 0.3) is 0 Å². The molecule has 0 unspecified atom stereocenters. The molecule has 2 nitrogen and oxygen atoms in total. The molecular formula is C20H24N2. The fourth-order valence-corrected chi connectivity index (χ4v) is 2.96. The van der Waals surface area contributed by atoms with E-state index in [9.17, 15) is 0 Å². The van der Waals surface area contributed by atoms with Gasteiger partial charge in [-0.2, -0.15) is 0 Å².